The number of carbonyl (C=O) groups excluding carboxylic acids is 1. The van der Waals surface area contributed by atoms with Crippen LogP contribution in [0.5, 0.6) is 0 Å². The highest BCUT2D eigenvalue weighted by atomic mass is 32.2. The minimum absolute atomic E-state index is 0.0510. The maximum absolute atomic E-state index is 12.5. The Balaban J connectivity index is 1.71. The van der Waals surface area contributed by atoms with Gasteiger partial charge in [0, 0.05) is 25.2 Å². The summed E-state index contributed by atoms with van der Waals surface area (Å²) in [6.45, 7) is 1.10. The molecule has 1 unspecified atom stereocenters. The van der Waals surface area contributed by atoms with Gasteiger partial charge in [0.25, 0.3) is 5.91 Å². The van der Waals surface area contributed by atoms with E-state index in [1.165, 1.54) is 36.9 Å². The van der Waals surface area contributed by atoms with Crippen LogP contribution in [0.15, 0.2) is 53.4 Å². The van der Waals surface area contributed by atoms with Crippen LogP contribution < -0.4 is 15.4 Å². The van der Waals surface area contributed by atoms with Gasteiger partial charge in [-0.05, 0) is 48.4 Å². The highest BCUT2D eigenvalue weighted by Gasteiger charge is 2.22. The van der Waals surface area contributed by atoms with E-state index in [1.54, 1.807) is 0 Å². The normalized spacial score (nSPS) is 16.9. The molecular weight excluding hydrogens is 338 g/mol. The summed E-state index contributed by atoms with van der Waals surface area (Å²) in [5, 5.41) is 5.86. The number of sulfonamides is 1. The number of carbonyl (C=O) groups is 1. The minimum Gasteiger partial charge on any atom is -0.355 e. The molecule has 1 aliphatic heterocycles. The molecule has 132 valence electrons. The fraction of sp³-hybridized carbons (Fsp3) is 0.278. The molecule has 0 spiro atoms. The van der Waals surface area contributed by atoms with E-state index in [0.717, 1.165) is 18.5 Å². The summed E-state index contributed by atoms with van der Waals surface area (Å²) in [5.74, 6) is -0.250. The lowest BCUT2D eigenvalue weighted by molar-refractivity contribution is 0.0963. The van der Waals surface area contributed by atoms with Crippen LogP contribution in [0.2, 0.25) is 0 Å². The molecule has 6 nitrogen and oxygen atoms in total. The lowest BCUT2D eigenvalue weighted by atomic mass is 9.95. The first-order chi connectivity index (χ1) is 12.0. The first-order valence-corrected chi connectivity index (χ1v) is 9.62. The first kappa shape index (κ1) is 17.6. The standard InChI is InChI=1S/C18H21N3O3S/c1-19-18(22)14-6-8-15(9-7-14)25(23,24)21-12-17-16-5-3-2-4-13(16)10-11-20-17/h2-9,17,20-21H,10-12H2,1H3,(H,19,22). The van der Waals surface area contributed by atoms with Crippen LogP contribution in [0.4, 0.5) is 0 Å². The van der Waals surface area contributed by atoms with Gasteiger partial charge in [-0.1, -0.05) is 24.3 Å². The number of fused-ring (bicyclic) bond motifs is 1. The van der Waals surface area contributed by atoms with Crippen molar-refractivity contribution in [1.82, 2.24) is 15.4 Å². The number of benzene rings is 2. The zero-order valence-electron chi connectivity index (χ0n) is 14.0. The quantitative estimate of drug-likeness (QED) is 0.749. The summed E-state index contributed by atoms with van der Waals surface area (Å²) >= 11 is 0. The van der Waals surface area contributed by atoms with E-state index >= 15 is 0 Å². The maximum Gasteiger partial charge on any atom is 0.251 e. The van der Waals surface area contributed by atoms with Crippen LogP contribution >= 0.6 is 0 Å². The molecule has 0 saturated heterocycles. The lowest BCUT2D eigenvalue weighted by Gasteiger charge is -2.27. The predicted molar refractivity (Wildman–Crippen MR) is 95.9 cm³/mol. The van der Waals surface area contributed by atoms with Gasteiger partial charge in [0.1, 0.15) is 0 Å². The van der Waals surface area contributed by atoms with E-state index in [1.807, 2.05) is 18.2 Å². The Bertz CT molecular complexity index is 863. The fourth-order valence-corrected chi connectivity index (χ4v) is 4.03. The van der Waals surface area contributed by atoms with Crippen molar-refractivity contribution in [2.45, 2.75) is 17.4 Å². The van der Waals surface area contributed by atoms with Crippen molar-refractivity contribution in [3.05, 3.63) is 65.2 Å². The molecule has 0 bridgehead atoms. The van der Waals surface area contributed by atoms with Crippen molar-refractivity contribution >= 4 is 15.9 Å². The molecule has 0 radical (unpaired) electrons. The first-order valence-electron chi connectivity index (χ1n) is 8.14. The molecule has 0 aliphatic carbocycles. The second-order valence-electron chi connectivity index (χ2n) is 5.91. The Morgan fingerprint density at radius 3 is 2.60 bits per heavy atom. The van der Waals surface area contributed by atoms with Crippen LogP contribution in [0, 0.1) is 0 Å². The van der Waals surface area contributed by atoms with Gasteiger partial charge < -0.3 is 10.6 Å². The molecule has 2 aromatic carbocycles. The molecule has 0 fully saturated rings. The summed E-state index contributed by atoms with van der Waals surface area (Å²) in [6.07, 6.45) is 0.945. The smallest absolute Gasteiger partial charge is 0.251 e. The van der Waals surface area contributed by atoms with Crippen molar-refractivity contribution < 1.29 is 13.2 Å². The van der Waals surface area contributed by atoms with Crippen LogP contribution in [-0.2, 0) is 16.4 Å². The lowest BCUT2D eigenvalue weighted by Crippen LogP contribution is -2.38. The zero-order valence-corrected chi connectivity index (χ0v) is 14.8. The molecule has 7 heteroatoms. The van der Waals surface area contributed by atoms with E-state index < -0.39 is 10.0 Å². The third-order valence-corrected chi connectivity index (χ3v) is 5.79. The summed E-state index contributed by atoms with van der Waals surface area (Å²) < 4.78 is 27.7. The number of hydrogen-bond donors (Lipinski definition) is 3. The van der Waals surface area contributed by atoms with Gasteiger partial charge in [-0.2, -0.15) is 0 Å². The molecule has 3 N–H and O–H groups in total. The molecule has 3 rings (SSSR count). The van der Waals surface area contributed by atoms with E-state index in [4.69, 9.17) is 0 Å². The average molecular weight is 359 g/mol. The number of nitrogens with one attached hydrogen (secondary N) is 3. The molecule has 0 saturated carbocycles. The highest BCUT2D eigenvalue weighted by Crippen LogP contribution is 2.22. The average Bonchev–Trinajstić information content (AvgIpc) is 2.66. The summed E-state index contributed by atoms with van der Waals surface area (Å²) in [4.78, 5) is 11.7. The second-order valence-corrected chi connectivity index (χ2v) is 7.68. The maximum atomic E-state index is 12.5. The van der Waals surface area contributed by atoms with Gasteiger partial charge >= 0.3 is 0 Å². The Morgan fingerprint density at radius 2 is 1.88 bits per heavy atom. The van der Waals surface area contributed by atoms with Gasteiger partial charge in [-0.25, -0.2) is 13.1 Å². The van der Waals surface area contributed by atoms with E-state index in [0.29, 0.717) is 5.56 Å². The Morgan fingerprint density at radius 1 is 1.16 bits per heavy atom. The zero-order chi connectivity index (χ0) is 17.9. The molecular formula is C18H21N3O3S. The summed E-state index contributed by atoms with van der Waals surface area (Å²) in [7, 11) is -2.10. The molecule has 2 aromatic rings. The van der Waals surface area contributed by atoms with E-state index in [-0.39, 0.29) is 23.4 Å². The SMILES string of the molecule is CNC(=O)c1ccc(S(=O)(=O)NCC2NCCc3ccccc32)cc1. The third kappa shape index (κ3) is 3.89. The molecule has 0 aromatic heterocycles. The van der Waals surface area contributed by atoms with Crippen molar-refractivity contribution in [3.63, 3.8) is 0 Å². The largest absolute Gasteiger partial charge is 0.355 e. The van der Waals surface area contributed by atoms with Crippen LogP contribution in [0.3, 0.4) is 0 Å². The van der Waals surface area contributed by atoms with Crippen molar-refractivity contribution in [2.24, 2.45) is 0 Å². The number of rotatable bonds is 5. The van der Waals surface area contributed by atoms with Gasteiger partial charge in [0.05, 0.1) is 4.90 Å². The van der Waals surface area contributed by atoms with E-state index in [2.05, 4.69) is 21.4 Å². The van der Waals surface area contributed by atoms with Gasteiger partial charge in [0.15, 0.2) is 0 Å². The summed E-state index contributed by atoms with van der Waals surface area (Å²) in [5.41, 5.74) is 2.80. The molecule has 1 heterocycles. The van der Waals surface area contributed by atoms with Crippen molar-refractivity contribution in [3.8, 4) is 0 Å². The molecule has 1 amide bonds. The monoisotopic (exact) mass is 359 g/mol. The van der Waals surface area contributed by atoms with Gasteiger partial charge in [0.2, 0.25) is 10.0 Å². The second kappa shape index (κ2) is 7.35. The number of amides is 1. The molecule has 1 aliphatic rings. The highest BCUT2D eigenvalue weighted by molar-refractivity contribution is 7.89. The number of hydrogen-bond acceptors (Lipinski definition) is 4. The topological polar surface area (TPSA) is 87.3 Å². The fourth-order valence-electron chi connectivity index (χ4n) is 2.98. The Labute approximate surface area is 147 Å². The third-order valence-electron chi connectivity index (χ3n) is 4.35. The Hall–Kier alpha value is -2.22. The van der Waals surface area contributed by atoms with Crippen molar-refractivity contribution in [2.75, 3.05) is 20.1 Å². The van der Waals surface area contributed by atoms with Crippen LogP contribution in [0.1, 0.15) is 27.5 Å². The summed E-state index contributed by atoms with van der Waals surface area (Å²) in [6, 6.07) is 13.9. The predicted octanol–water partition coefficient (Wildman–Crippen LogP) is 1.21. The van der Waals surface area contributed by atoms with Crippen LogP contribution in [-0.4, -0.2) is 34.5 Å². The minimum atomic E-state index is -3.63. The Kier molecular flexibility index (Phi) is 5.17. The van der Waals surface area contributed by atoms with Gasteiger partial charge in [-0.15, -0.1) is 0 Å². The van der Waals surface area contributed by atoms with Gasteiger partial charge in [-0.3, -0.25) is 4.79 Å². The molecule has 25 heavy (non-hydrogen) atoms. The van der Waals surface area contributed by atoms with Crippen molar-refractivity contribution in [1.29, 1.82) is 0 Å². The van der Waals surface area contributed by atoms with E-state index in [9.17, 15) is 13.2 Å². The van der Waals surface area contributed by atoms with Crippen LogP contribution in [0.25, 0.3) is 0 Å². The molecule has 1 atom stereocenters.